The number of hydrogen-bond acceptors (Lipinski definition) is 4. The largest absolute Gasteiger partial charge is 0.384 e. The van der Waals surface area contributed by atoms with Crippen LogP contribution in [-0.4, -0.2) is 14.5 Å². The number of aromatic nitrogens is 3. The van der Waals surface area contributed by atoms with Crippen LogP contribution >= 0.6 is 0 Å². The Kier molecular flexibility index (Phi) is 2.68. The van der Waals surface area contributed by atoms with E-state index in [0.29, 0.717) is 18.2 Å². The van der Waals surface area contributed by atoms with Crippen LogP contribution < -0.4 is 11.3 Å². The topological polar surface area (TPSA) is 73.8 Å². The number of anilines is 1. The van der Waals surface area contributed by atoms with Gasteiger partial charge < -0.3 is 10.3 Å². The molecule has 0 unspecified atom stereocenters. The summed E-state index contributed by atoms with van der Waals surface area (Å²) in [6, 6.07) is 6.68. The summed E-state index contributed by atoms with van der Waals surface area (Å²) in [6.07, 6.45) is 1.70. The maximum absolute atomic E-state index is 11.5. The second-order valence-electron chi connectivity index (χ2n) is 3.52. The Morgan fingerprint density at radius 2 is 2.19 bits per heavy atom. The molecule has 2 heterocycles. The molecule has 2 rings (SSSR count). The lowest BCUT2D eigenvalue weighted by molar-refractivity contribution is 0.712. The number of pyridine rings is 1. The van der Waals surface area contributed by atoms with E-state index in [1.807, 2.05) is 6.92 Å². The Balaban J connectivity index is 2.34. The van der Waals surface area contributed by atoms with Gasteiger partial charge >= 0.3 is 0 Å². The lowest BCUT2D eigenvalue weighted by Gasteiger charge is -2.05. The summed E-state index contributed by atoms with van der Waals surface area (Å²) in [5, 5.41) is 0. The molecule has 16 heavy (non-hydrogen) atoms. The second kappa shape index (κ2) is 4.14. The zero-order chi connectivity index (χ0) is 11.5. The van der Waals surface area contributed by atoms with Gasteiger partial charge in [0.1, 0.15) is 5.82 Å². The first-order chi connectivity index (χ1) is 7.65. The number of aryl methyl sites for hydroxylation is 1. The fraction of sp³-hybridized carbons (Fsp3) is 0.182. The Morgan fingerprint density at radius 3 is 2.88 bits per heavy atom. The summed E-state index contributed by atoms with van der Waals surface area (Å²) in [5.74, 6) is 0.970. The molecule has 5 nitrogen and oxygen atoms in total. The van der Waals surface area contributed by atoms with Gasteiger partial charge in [-0.3, -0.25) is 4.79 Å². The van der Waals surface area contributed by atoms with Gasteiger partial charge in [-0.25, -0.2) is 9.97 Å². The predicted octanol–water partition coefficient (Wildman–Crippen LogP) is 0.577. The van der Waals surface area contributed by atoms with Crippen molar-refractivity contribution in [1.29, 1.82) is 0 Å². The lowest BCUT2D eigenvalue weighted by atomic mass is 10.4. The Labute approximate surface area is 92.6 Å². The molecule has 0 saturated heterocycles. The molecule has 0 amide bonds. The highest BCUT2D eigenvalue weighted by Gasteiger charge is 2.01. The van der Waals surface area contributed by atoms with Gasteiger partial charge in [0.2, 0.25) is 0 Å². The fourth-order valence-corrected chi connectivity index (χ4v) is 1.47. The Morgan fingerprint density at radius 1 is 1.38 bits per heavy atom. The van der Waals surface area contributed by atoms with Crippen LogP contribution in [0.2, 0.25) is 0 Å². The lowest BCUT2D eigenvalue weighted by Crippen LogP contribution is -2.20. The highest BCUT2D eigenvalue weighted by molar-refractivity contribution is 5.29. The van der Waals surface area contributed by atoms with Crippen molar-refractivity contribution in [2.24, 2.45) is 0 Å². The van der Waals surface area contributed by atoms with E-state index in [2.05, 4.69) is 9.97 Å². The third-order valence-electron chi connectivity index (χ3n) is 2.13. The monoisotopic (exact) mass is 216 g/mol. The van der Waals surface area contributed by atoms with E-state index >= 15 is 0 Å². The molecule has 0 aromatic carbocycles. The van der Waals surface area contributed by atoms with Crippen molar-refractivity contribution >= 4 is 5.82 Å². The molecule has 0 aliphatic carbocycles. The Hall–Kier alpha value is -2.17. The maximum atomic E-state index is 11.5. The highest BCUT2D eigenvalue weighted by Crippen LogP contribution is 2.02. The third-order valence-corrected chi connectivity index (χ3v) is 2.13. The molecule has 0 radical (unpaired) electrons. The van der Waals surface area contributed by atoms with Crippen LogP contribution in [0.15, 0.2) is 35.3 Å². The van der Waals surface area contributed by atoms with Crippen LogP contribution in [0.1, 0.15) is 11.5 Å². The molecule has 82 valence electrons. The van der Waals surface area contributed by atoms with E-state index in [9.17, 15) is 4.79 Å². The van der Waals surface area contributed by atoms with E-state index in [1.54, 1.807) is 24.4 Å². The SMILES string of the molecule is Cc1cc(N)nc(Cn2ccccc2=O)n1. The van der Waals surface area contributed by atoms with E-state index in [1.165, 1.54) is 10.6 Å². The van der Waals surface area contributed by atoms with Crippen LogP contribution in [0.25, 0.3) is 0 Å². The first kappa shape index (κ1) is 10.4. The van der Waals surface area contributed by atoms with E-state index < -0.39 is 0 Å². The molecule has 0 atom stereocenters. The van der Waals surface area contributed by atoms with Crippen molar-refractivity contribution in [2.75, 3.05) is 5.73 Å². The van der Waals surface area contributed by atoms with E-state index in [4.69, 9.17) is 5.73 Å². The first-order valence-corrected chi connectivity index (χ1v) is 4.90. The van der Waals surface area contributed by atoms with Gasteiger partial charge in [-0.1, -0.05) is 6.07 Å². The normalized spacial score (nSPS) is 10.3. The third kappa shape index (κ3) is 2.25. The van der Waals surface area contributed by atoms with Gasteiger partial charge in [0.15, 0.2) is 5.82 Å². The van der Waals surface area contributed by atoms with E-state index in [0.717, 1.165) is 5.69 Å². The van der Waals surface area contributed by atoms with Gasteiger partial charge in [0, 0.05) is 24.0 Å². The minimum absolute atomic E-state index is 0.0776. The van der Waals surface area contributed by atoms with Crippen molar-refractivity contribution in [3.63, 3.8) is 0 Å². The van der Waals surface area contributed by atoms with Gasteiger partial charge in [0.05, 0.1) is 6.54 Å². The average molecular weight is 216 g/mol. The summed E-state index contributed by atoms with van der Waals surface area (Å²) in [5.41, 5.74) is 6.33. The molecule has 0 bridgehead atoms. The summed E-state index contributed by atoms with van der Waals surface area (Å²) in [4.78, 5) is 19.8. The second-order valence-corrected chi connectivity index (χ2v) is 3.52. The zero-order valence-corrected chi connectivity index (χ0v) is 8.92. The zero-order valence-electron chi connectivity index (χ0n) is 8.92. The molecule has 0 aliphatic rings. The molecule has 5 heteroatoms. The molecule has 2 aromatic heterocycles. The smallest absolute Gasteiger partial charge is 0.250 e. The van der Waals surface area contributed by atoms with Crippen molar-refractivity contribution in [1.82, 2.24) is 14.5 Å². The van der Waals surface area contributed by atoms with Gasteiger partial charge in [-0.05, 0) is 13.0 Å². The molecule has 2 N–H and O–H groups in total. The quantitative estimate of drug-likeness (QED) is 0.796. The van der Waals surface area contributed by atoms with Crippen LogP contribution in [0.5, 0.6) is 0 Å². The van der Waals surface area contributed by atoms with Crippen molar-refractivity contribution < 1.29 is 0 Å². The van der Waals surface area contributed by atoms with Crippen LogP contribution in [0.4, 0.5) is 5.82 Å². The highest BCUT2D eigenvalue weighted by atomic mass is 16.1. The summed E-state index contributed by atoms with van der Waals surface area (Å²) in [6.45, 7) is 2.18. The summed E-state index contributed by atoms with van der Waals surface area (Å²) >= 11 is 0. The summed E-state index contributed by atoms with van der Waals surface area (Å²) < 4.78 is 1.54. The summed E-state index contributed by atoms with van der Waals surface area (Å²) in [7, 11) is 0. The van der Waals surface area contributed by atoms with Gasteiger partial charge in [-0.15, -0.1) is 0 Å². The van der Waals surface area contributed by atoms with Crippen LogP contribution in [0, 0.1) is 6.92 Å². The first-order valence-electron chi connectivity index (χ1n) is 4.90. The van der Waals surface area contributed by atoms with Crippen molar-refractivity contribution in [2.45, 2.75) is 13.5 Å². The number of nitrogens with two attached hydrogens (primary N) is 1. The molecule has 0 aliphatic heterocycles. The Bertz CT molecular complexity index is 542. The standard InChI is InChI=1S/C11H12N4O/c1-8-6-9(12)14-10(13-8)7-15-5-3-2-4-11(15)16/h2-6H,7H2,1H3,(H2,12,13,14). The minimum Gasteiger partial charge on any atom is -0.384 e. The predicted molar refractivity (Wildman–Crippen MR) is 61.0 cm³/mol. The van der Waals surface area contributed by atoms with Crippen molar-refractivity contribution in [3.8, 4) is 0 Å². The van der Waals surface area contributed by atoms with Crippen LogP contribution in [-0.2, 0) is 6.54 Å². The maximum Gasteiger partial charge on any atom is 0.250 e. The molecule has 2 aromatic rings. The number of hydrogen-bond donors (Lipinski definition) is 1. The molecule has 0 spiro atoms. The number of nitrogen functional groups attached to an aromatic ring is 1. The average Bonchev–Trinajstić information content (AvgIpc) is 2.20. The van der Waals surface area contributed by atoms with Gasteiger partial charge in [-0.2, -0.15) is 0 Å². The van der Waals surface area contributed by atoms with Crippen LogP contribution in [0.3, 0.4) is 0 Å². The number of nitrogens with zero attached hydrogens (tertiary/aromatic N) is 3. The number of rotatable bonds is 2. The van der Waals surface area contributed by atoms with Gasteiger partial charge in [0.25, 0.3) is 5.56 Å². The minimum atomic E-state index is -0.0776. The molecule has 0 saturated carbocycles. The molecular weight excluding hydrogens is 204 g/mol. The van der Waals surface area contributed by atoms with Crippen molar-refractivity contribution in [3.05, 3.63) is 52.3 Å². The molecule has 0 fully saturated rings. The van der Waals surface area contributed by atoms with E-state index in [-0.39, 0.29) is 5.56 Å². The molecular formula is C11H12N4O. The fourth-order valence-electron chi connectivity index (χ4n) is 1.47.